The van der Waals surface area contributed by atoms with Crippen LogP contribution in [-0.4, -0.2) is 30.2 Å². The number of nitrogens with one attached hydrogen (secondary N) is 1. The number of halogens is 4. The quantitative estimate of drug-likeness (QED) is 0.484. The maximum absolute atomic E-state index is 13.9. The van der Waals surface area contributed by atoms with E-state index in [2.05, 4.69) is 20.0 Å². The minimum atomic E-state index is -4.50. The molecule has 1 aliphatic rings. The lowest BCUT2D eigenvalue weighted by Gasteiger charge is -2.13. The molecule has 9 heteroatoms. The van der Waals surface area contributed by atoms with Gasteiger partial charge in [0, 0.05) is 11.8 Å². The Balaban J connectivity index is 0.00000176. The van der Waals surface area contributed by atoms with Crippen molar-refractivity contribution in [3.63, 3.8) is 0 Å². The van der Waals surface area contributed by atoms with Gasteiger partial charge < -0.3 is 10.1 Å². The van der Waals surface area contributed by atoms with Crippen molar-refractivity contribution in [3.8, 4) is 0 Å². The highest BCUT2D eigenvalue weighted by molar-refractivity contribution is 5.95. The van der Waals surface area contributed by atoms with Crippen molar-refractivity contribution in [1.29, 1.82) is 0 Å². The number of rotatable bonds is 3. The van der Waals surface area contributed by atoms with E-state index in [1.807, 2.05) is 13.8 Å². The van der Waals surface area contributed by atoms with E-state index in [0.717, 1.165) is 18.3 Å². The second kappa shape index (κ2) is 10.4. The molecule has 1 unspecified atom stereocenters. The smallest absolute Gasteiger partial charge is 0.433 e. The Bertz CT molecular complexity index is 710. The van der Waals surface area contributed by atoms with Gasteiger partial charge in [-0.3, -0.25) is 9.98 Å². The molecule has 0 saturated heterocycles. The van der Waals surface area contributed by atoms with Gasteiger partial charge in [-0.25, -0.2) is 9.18 Å². The van der Waals surface area contributed by atoms with Crippen LogP contribution in [0.15, 0.2) is 47.1 Å². The van der Waals surface area contributed by atoms with Crippen molar-refractivity contribution in [3.05, 3.63) is 53.4 Å². The molecule has 1 atom stereocenters. The average molecular weight is 387 g/mol. The molecular weight excluding hydrogens is 366 g/mol. The summed E-state index contributed by atoms with van der Waals surface area (Å²) in [6, 6.07) is 2.12. The fraction of sp³-hybridized carbons (Fsp3) is 0.389. The van der Waals surface area contributed by atoms with Crippen molar-refractivity contribution in [2.45, 2.75) is 39.3 Å². The highest BCUT2D eigenvalue weighted by Crippen LogP contribution is 2.27. The third-order valence-electron chi connectivity index (χ3n) is 3.24. The SMILES string of the molecule is CC.COC(=O)C1=CC(F)NC(=NCc2ccc(C(F)(F)F)nc2)/C=C\C1. The van der Waals surface area contributed by atoms with Gasteiger partial charge in [-0.2, -0.15) is 13.2 Å². The molecule has 2 heterocycles. The molecule has 0 saturated carbocycles. The Morgan fingerprint density at radius 1 is 1.37 bits per heavy atom. The van der Waals surface area contributed by atoms with Gasteiger partial charge in [0.2, 0.25) is 0 Å². The minimum absolute atomic E-state index is 0.0259. The number of hydrogen-bond acceptors (Lipinski definition) is 4. The number of ether oxygens (including phenoxy) is 1. The Kier molecular flexibility index (Phi) is 8.64. The van der Waals surface area contributed by atoms with Crippen LogP contribution in [0.1, 0.15) is 31.5 Å². The van der Waals surface area contributed by atoms with Gasteiger partial charge in [0.05, 0.1) is 13.7 Å². The second-order valence-corrected chi connectivity index (χ2v) is 5.09. The van der Waals surface area contributed by atoms with Crippen LogP contribution in [0.2, 0.25) is 0 Å². The Hall–Kier alpha value is -2.71. The summed E-state index contributed by atoms with van der Waals surface area (Å²) >= 11 is 0. The maximum Gasteiger partial charge on any atom is 0.433 e. The van der Waals surface area contributed by atoms with Crippen LogP contribution < -0.4 is 5.32 Å². The van der Waals surface area contributed by atoms with E-state index in [4.69, 9.17) is 0 Å². The van der Waals surface area contributed by atoms with Crippen LogP contribution in [0.3, 0.4) is 0 Å². The second-order valence-electron chi connectivity index (χ2n) is 5.09. The molecular formula is C18H21F4N3O2. The first-order valence-corrected chi connectivity index (χ1v) is 8.22. The van der Waals surface area contributed by atoms with E-state index in [1.165, 1.54) is 19.3 Å². The van der Waals surface area contributed by atoms with Crippen LogP contribution in [0, 0.1) is 0 Å². The molecule has 148 valence electrons. The molecule has 1 aromatic rings. The van der Waals surface area contributed by atoms with E-state index in [9.17, 15) is 22.4 Å². The van der Waals surface area contributed by atoms with Gasteiger partial charge in [-0.1, -0.05) is 26.0 Å². The molecule has 1 aliphatic heterocycles. The molecule has 0 amide bonds. The Labute approximate surface area is 154 Å². The molecule has 0 aromatic carbocycles. The van der Waals surface area contributed by atoms with E-state index < -0.39 is 24.1 Å². The number of carbonyl (C=O) groups excluding carboxylic acids is 1. The van der Waals surface area contributed by atoms with Crippen molar-refractivity contribution in [2.24, 2.45) is 4.99 Å². The maximum atomic E-state index is 13.9. The third kappa shape index (κ3) is 7.20. The first kappa shape index (κ1) is 22.3. The number of nitrogens with zero attached hydrogens (tertiary/aromatic N) is 2. The van der Waals surface area contributed by atoms with E-state index in [0.29, 0.717) is 5.56 Å². The van der Waals surface area contributed by atoms with Crippen LogP contribution in [0.5, 0.6) is 0 Å². The number of aromatic nitrogens is 1. The summed E-state index contributed by atoms with van der Waals surface area (Å²) in [5, 5.41) is 2.45. The summed E-state index contributed by atoms with van der Waals surface area (Å²) in [4.78, 5) is 18.9. The number of amidine groups is 1. The summed E-state index contributed by atoms with van der Waals surface area (Å²) in [6.45, 7) is 4.03. The normalized spacial score (nSPS) is 19.6. The van der Waals surface area contributed by atoms with E-state index in [-0.39, 0.29) is 24.4 Å². The lowest BCUT2D eigenvalue weighted by atomic mass is 10.1. The first-order valence-electron chi connectivity index (χ1n) is 8.22. The fourth-order valence-electron chi connectivity index (χ4n) is 2.02. The summed E-state index contributed by atoms with van der Waals surface area (Å²) in [6.07, 6.45) is -0.726. The van der Waals surface area contributed by atoms with Crippen LogP contribution >= 0.6 is 0 Å². The fourth-order valence-corrected chi connectivity index (χ4v) is 2.02. The molecule has 2 rings (SSSR count). The largest absolute Gasteiger partial charge is 0.466 e. The summed E-state index contributed by atoms with van der Waals surface area (Å²) < 4.78 is 55.8. The standard InChI is InChI=1S/C16H15F4N3O2.C2H6/c1-25-15(24)11-3-2-4-14(23-13(17)7-11)22-9-10-5-6-12(21-8-10)16(18,19)20;1-2/h2,4-8,13H,3,9H2,1H3,(H,22,23);1-2H3/b4-2-,11-7?;. The number of allylic oxidation sites excluding steroid dienone is 1. The highest BCUT2D eigenvalue weighted by Gasteiger charge is 2.31. The van der Waals surface area contributed by atoms with Gasteiger partial charge in [0.1, 0.15) is 11.5 Å². The predicted octanol–water partition coefficient (Wildman–Crippen LogP) is 3.97. The summed E-state index contributed by atoms with van der Waals surface area (Å²) in [5.74, 6) is -0.419. The zero-order valence-electron chi connectivity index (χ0n) is 15.2. The molecule has 0 aliphatic carbocycles. The van der Waals surface area contributed by atoms with Gasteiger partial charge in [0.15, 0.2) is 6.30 Å². The Morgan fingerprint density at radius 3 is 2.63 bits per heavy atom. The summed E-state index contributed by atoms with van der Waals surface area (Å²) in [5.41, 5.74) is -0.374. The van der Waals surface area contributed by atoms with Crippen LogP contribution in [-0.2, 0) is 22.3 Å². The lowest BCUT2D eigenvalue weighted by molar-refractivity contribution is -0.141. The number of carbonyl (C=O) groups is 1. The van der Waals surface area contributed by atoms with E-state index in [1.54, 1.807) is 6.08 Å². The van der Waals surface area contributed by atoms with Crippen LogP contribution in [0.4, 0.5) is 17.6 Å². The number of hydrogen-bond donors (Lipinski definition) is 1. The number of esters is 1. The van der Waals surface area contributed by atoms with Crippen molar-refractivity contribution < 1.29 is 27.1 Å². The molecule has 5 nitrogen and oxygen atoms in total. The minimum Gasteiger partial charge on any atom is -0.466 e. The average Bonchev–Trinajstić information content (AvgIpc) is 2.63. The molecule has 1 aromatic heterocycles. The van der Waals surface area contributed by atoms with Gasteiger partial charge in [-0.15, -0.1) is 0 Å². The molecule has 0 bridgehead atoms. The molecule has 0 fully saturated rings. The lowest BCUT2D eigenvalue weighted by Crippen LogP contribution is -2.30. The summed E-state index contributed by atoms with van der Waals surface area (Å²) in [7, 11) is 1.21. The predicted molar refractivity (Wildman–Crippen MR) is 93.6 cm³/mol. The first-order chi connectivity index (χ1) is 12.8. The molecule has 1 N–H and O–H groups in total. The van der Waals surface area contributed by atoms with Crippen molar-refractivity contribution in [2.75, 3.05) is 7.11 Å². The monoisotopic (exact) mass is 387 g/mol. The van der Waals surface area contributed by atoms with Gasteiger partial charge in [-0.05, 0) is 30.2 Å². The number of aliphatic imine (C=N–C) groups is 1. The van der Waals surface area contributed by atoms with E-state index >= 15 is 0 Å². The number of pyridine rings is 1. The van der Waals surface area contributed by atoms with Gasteiger partial charge >= 0.3 is 12.1 Å². The topological polar surface area (TPSA) is 63.6 Å². The van der Waals surface area contributed by atoms with Crippen molar-refractivity contribution in [1.82, 2.24) is 10.3 Å². The zero-order valence-corrected chi connectivity index (χ0v) is 15.2. The number of alkyl halides is 4. The zero-order chi connectivity index (χ0) is 20.4. The molecule has 0 spiro atoms. The Morgan fingerprint density at radius 2 is 2.07 bits per heavy atom. The highest BCUT2D eigenvalue weighted by atomic mass is 19.4. The third-order valence-corrected chi connectivity index (χ3v) is 3.24. The molecule has 27 heavy (non-hydrogen) atoms. The van der Waals surface area contributed by atoms with Crippen LogP contribution in [0.25, 0.3) is 0 Å². The number of methoxy groups -OCH3 is 1. The molecule has 0 radical (unpaired) electrons. The van der Waals surface area contributed by atoms with Gasteiger partial charge in [0.25, 0.3) is 0 Å². The van der Waals surface area contributed by atoms with Crippen molar-refractivity contribution >= 4 is 11.8 Å².